The molecule has 30 heavy (non-hydrogen) atoms. The first kappa shape index (κ1) is 21.5. The maximum Gasteiger partial charge on any atom is 0.224 e. The number of carbonyl (C=O) groups excluding carboxylic acids is 3. The molecule has 1 saturated heterocycles. The van der Waals surface area contributed by atoms with Crippen molar-refractivity contribution in [2.45, 2.75) is 44.6 Å². The van der Waals surface area contributed by atoms with Gasteiger partial charge in [0.15, 0.2) is 11.7 Å². The molecule has 1 atom stereocenters. The zero-order valence-electron chi connectivity index (χ0n) is 17.0. The number of guanidine groups is 1. The Labute approximate surface area is 176 Å². The maximum absolute atomic E-state index is 13.0. The number of piperidine rings is 1. The Morgan fingerprint density at radius 2 is 1.90 bits per heavy atom. The Morgan fingerprint density at radius 3 is 2.63 bits per heavy atom. The molecule has 0 saturated carbocycles. The first-order chi connectivity index (χ1) is 14.4. The van der Waals surface area contributed by atoms with Crippen molar-refractivity contribution in [2.24, 2.45) is 11.7 Å². The number of nitrogens with one attached hydrogen (secondary N) is 3. The Morgan fingerprint density at radius 1 is 1.17 bits per heavy atom. The zero-order chi connectivity index (χ0) is 21.5. The van der Waals surface area contributed by atoms with Crippen molar-refractivity contribution >= 4 is 29.2 Å². The number of amides is 2. The van der Waals surface area contributed by atoms with E-state index in [-0.39, 0.29) is 36.0 Å². The van der Waals surface area contributed by atoms with Gasteiger partial charge in [0.2, 0.25) is 11.8 Å². The van der Waals surface area contributed by atoms with Gasteiger partial charge in [-0.1, -0.05) is 24.3 Å². The van der Waals surface area contributed by atoms with Crippen LogP contribution >= 0.6 is 0 Å². The molecule has 1 aromatic carbocycles. The molecular formula is C22H29N5O3. The van der Waals surface area contributed by atoms with Crippen molar-refractivity contribution in [1.29, 1.82) is 5.41 Å². The van der Waals surface area contributed by atoms with Crippen molar-refractivity contribution in [2.75, 3.05) is 18.4 Å². The molecule has 0 aromatic heterocycles. The van der Waals surface area contributed by atoms with Crippen LogP contribution in [0.5, 0.6) is 0 Å². The average molecular weight is 412 g/mol. The number of nitrogens with two attached hydrogens (primary N) is 1. The van der Waals surface area contributed by atoms with Gasteiger partial charge in [0, 0.05) is 43.5 Å². The summed E-state index contributed by atoms with van der Waals surface area (Å²) in [5, 5.41) is 13.4. The van der Waals surface area contributed by atoms with Gasteiger partial charge in [0.1, 0.15) is 0 Å². The number of fused-ring (bicyclic) bond motifs is 1. The fourth-order valence-electron chi connectivity index (χ4n) is 3.84. The van der Waals surface area contributed by atoms with Crippen LogP contribution in [0.15, 0.2) is 36.4 Å². The molecule has 0 spiro atoms. The van der Waals surface area contributed by atoms with Crippen molar-refractivity contribution in [1.82, 2.24) is 10.2 Å². The van der Waals surface area contributed by atoms with Gasteiger partial charge < -0.3 is 21.3 Å². The van der Waals surface area contributed by atoms with E-state index >= 15 is 0 Å². The predicted molar refractivity (Wildman–Crippen MR) is 115 cm³/mol. The van der Waals surface area contributed by atoms with Crippen LogP contribution < -0.4 is 16.4 Å². The fraction of sp³-hybridized carbons (Fsp3) is 0.455. The third-order valence-electron chi connectivity index (χ3n) is 5.61. The summed E-state index contributed by atoms with van der Waals surface area (Å²) in [6.45, 7) is 1.27. The molecule has 0 radical (unpaired) electrons. The largest absolute Gasteiger partial charge is 0.370 e. The first-order valence-corrected chi connectivity index (χ1v) is 10.4. The van der Waals surface area contributed by atoms with Gasteiger partial charge in [-0.25, -0.2) is 0 Å². The Bertz CT molecular complexity index is 843. The molecule has 8 nitrogen and oxygen atoms in total. The van der Waals surface area contributed by atoms with E-state index in [0.717, 1.165) is 12.8 Å². The molecule has 2 aliphatic heterocycles. The van der Waals surface area contributed by atoms with Crippen molar-refractivity contribution in [3.05, 3.63) is 42.0 Å². The van der Waals surface area contributed by atoms with E-state index in [1.54, 1.807) is 29.2 Å². The summed E-state index contributed by atoms with van der Waals surface area (Å²) in [7, 11) is 0. The zero-order valence-corrected chi connectivity index (χ0v) is 17.0. The van der Waals surface area contributed by atoms with E-state index < -0.39 is 5.92 Å². The average Bonchev–Trinajstić information content (AvgIpc) is 2.72. The summed E-state index contributed by atoms with van der Waals surface area (Å²) in [4.78, 5) is 39.8. The minimum atomic E-state index is -0.470. The molecule has 0 bridgehead atoms. The summed E-state index contributed by atoms with van der Waals surface area (Å²) in [6, 6.07) is 6.94. The molecule has 2 aliphatic rings. The van der Waals surface area contributed by atoms with Crippen LogP contribution in [0, 0.1) is 11.3 Å². The minimum absolute atomic E-state index is 0.0140. The number of hydrogen-bond donors (Lipinski definition) is 4. The molecule has 2 heterocycles. The second-order valence-corrected chi connectivity index (χ2v) is 7.82. The van der Waals surface area contributed by atoms with E-state index in [1.807, 2.05) is 12.2 Å². The quantitative estimate of drug-likeness (QED) is 0.336. The van der Waals surface area contributed by atoms with Gasteiger partial charge in [-0.05, 0) is 37.8 Å². The lowest BCUT2D eigenvalue weighted by atomic mass is 9.92. The van der Waals surface area contributed by atoms with Crippen LogP contribution in [0.2, 0.25) is 0 Å². The summed E-state index contributed by atoms with van der Waals surface area (Å²) in [5.41, 5.74) is 6.45. The van der Waals surface area contributed by atoms with Gasteiger partial charge in [-0.15, -0.1) is 0 Å². The molecular weight excluding hydrogens is 382 g/mol. The van der Waals surface area contributed by atoms with E-state index in [1.165, 1.54) is 0 Å². The predicted octanol–water partition coefficient (Wildman–Crippen LogP) is 2.03. The number of carbonyl (C=O) groups is 3. The van der Waals surface area contributed by atoms with Crippen LogP contribution in [0.3, 0.4) is 0 Å². The van der Waals surface area contributed by atoms with E-state index in [4.69, 9.17) is 11.1 Å². The molecule has 1 unspecified atom stereocenters. The highest BCUT2D eigenvalue weighted by Crippen LogP contribution is 2.23. The van der Waals surface area contributed by atoms with Crippen molar-refractivity contribution in [3.8, 4) is 0 Å². The number of rotatable bonds is 2. The number of allylic oxidation sites excluding steroid dienone is 2. The van der Waals surface area contributed by atoms with Crippen LogP contribution in [-0.4, -0.2) is 47.6 Å². The SMILES string of the molecule is N=C(N)N1CCC(NC(=O)C2C/C=C/CCC(=O)Nc3ccccc3C(=O)C2)CC1. The van der Waals surface area contributed by atoms with Crippen LogP contribution in [-0.2, 0) is 9.59 Å². The monoisotopic (exact) mass is 411 g/mol. The first-order valence-electron chi connectivity index (χ1n) is 10.4. The minimum Gasteiger partial charge on any atom is -0.370 e. The second-order valence-electron chi connectivity index (χ2n) is 7.82. The van der Waals surface area contributed by atoms with Gasteiger partial charge in [-0.2, -0.15) is 0 Å². The molecule has 160 valence electrons. The van der Waals surface area contributed by atoms with Crippen molar-refractivity contribution in [3.63, 3.8) is 0 Å². The number of Topliss-reactive ketones (excluding diaryl/α,β-unsaturated/α-hetero) is 1. The Hall–Kier alpha value is -3.16. The van der Waals surface area contributed by atoms with E-state index in [9.17, 15) is 14.4 Å². The molecule has 0 aliphatic carbocycles. The summed E-state index contributed by atoms with van der Waals surface area (Å²) in [5.74, 6) is -0.839. The highest BCUT2D eigenvalue weighted by atomic mass is 16.2. The van der Waals surface area contributed by atoms with Crippen LogP contribution in [0.4, 0.5) is 5.69 Å². The van der Waals surface area contributed by atoms with E-state index in [0.29, 0.717) is 43.6 Å². The second kappa shape index (κ2) is 10.0. The molecule has 1 fully saturated rings. The lowest BCUT2D eigenvalue weighted by Gasteiger charge is -2.33. The lowest BCUT2D eigenvalue weighted by molar-refractivity contribution is -0.126. The molecule has 2 amide bonds. The number of anilines is 1. The van der Waals surface area contributed by atoms with E-state index in [2.05, 4.69) is 10.6 Å². The van der Waals surface area contributed by atoms with Gasteiger partial charge in [-0.3, -0.25) is 19.8 Å². The highest BCUT2D eigenvalue weighted by molar-refractivity contribution is 6.06. The standard InChI is InChI=1S/C22H29N5O3/c23-22(24)27-12-10-16(11-13-27)25-21(30)15-6-2-1-3-9-20(29)26-18-8-5-4-7-17(18)19(28)14-15/h1-2,4-5,7-8,15-16H,3,6,9-14H2,(H3,23,24)(H,25,30)(H,26,29)/b2-1+. The highest BCUT2D eigenvalue weighted by Gasteiger charge is 2.27. The third-order valence-corrected chi connectivity index (χ3v) is 5.61. The number of likely N-dealkylation sites (tertiary alicyclic amines) is 1. The van der Waals surface area contributed by atoms with Crippen molar-refractivity contribution < 1.29 is 14.4 Å². The number of hydrogen-bond acceptors (Lipinski definition) is 4. The fourth-order valence-corrected chi connectivity index (χ4v) is 3.84. The van der Waals surface area contributed by atoms with Crippen LogP contribution in [0.1, 0.15) is 48.9 Å². The maximum atomic E-state index is 13.0. The molecule has 5 N–H and O–H groups in total. The molecule has 8 heteroatoms. The number of nitrogens with zero attached hydrogens (tertiary/aromatic N) is 1. The topological polar surface area (TPSA) is 128 Å². The number of para-hydroxylation sites is 1. The molecule has 3 rings (SSSR count). The summed E-state index contributed by atoms with van der Waals surface area (Å²) >= 11 is 0. The Kier molecular flexibility index (Phi) is 7.21. The smallest absolute Gasteiger partial charge is 0.224 e. The lowest BCUT2D eigenvalue weighted by Crippen LogP contribution is -2.49. The van der Waals surface area contributed by atoms with Gasteiger partial charge in [0.25, 0.3) is 0 Å². The summed E-state index contributed by atoms with van der Waals surface area (Å²) in [6.07, 6.45) is 6.65. The normalized spacial score (nSPS) is 22.1. The number of benzene rings is 1. The van der Waals surface area contributed by atoms with Gasteiger partial charge in [0.05, 0.1) is 5.69 Å². The molecule has 1 aromatic rings. The number of ketones is 1. The third kappa shape index (κ3) is 5.68. The van der Waals surface area contributed by atoms with Gasteiger partial charge >= 0.3 is 0 Å². The summed E-state index contributed by atoms with van der Waals surface area (Å²) < 4.78 is 0. The van der Waals surface area contributed by atoms with Crippen LogP contribution in [0.25, 0.3) is 0 Å². The Balaban J connectivity index is 1.70.